The lowest BCUT2D eigenvalue weighted by Gasteiger charge is -2.41. The minimum atomic E-state index is -0.367. The van der Waals surface area contributed by atoms with Crippen LogP contribution in [0.5, 0.6) is 11.5 Å². The molecule has 4 rings (SSSR count). The predicted molar refractivity (Wildman–Crippen MR) is 118 cm³/mol. The molecule has 0 radical (unpaired) electrons. The summed E-state index contributed by atoms with van der Waals surface area (Å²) in [6.45, 7) is 2.62. The molecule has 2 aliphatic heterocycles. The Balaban J connectivity index is 1.55. The van der Waals surface area contributed by atoms with E-state index in [9.17, 15) is 9.59 Å². The van der Waals surface area contributed by atoms with Gasteiger partial charge in [-0.15, -0.1) is 0 Å². The minimum Gasteiger partial charge on any atom is -0.497 e. The topological polar surface area (TPSA) is 62.3 Å². The van der Waals surface area contributed by atoms with Crippen LogP contribution in [0.3, 0.4) is 0 Å². The first-order chi connectivity index (χ1) is 15.0. The molecule has 0 bridgehead atoms. The van der Waals surface area contributed by atoms with Gasteiger partial charge in [0.15, 0.2) is 0 Å². The summed E-state index contributed by atoms with van der Waals surface area (Å²) in [5, 5.41) is 0. The zero-order valence-electron chi connectivity index (χ0n) is 18.3. The predicted octanol–water partition coefficient (Wildman–Crippen LogP) is 2.57. The number of amides is 2. The molecule has 2 aliphatic rings. The van der Waals surface area contributed by atoms with Gasteiger partial charge in [0.25, 0.3) is 0 Å². The van der Waals surface area contributed by atoms with Gasteiger partial charge in [-0.25, -0.2) is 0 Å². The molecule has 0 aromatic heterocycles. The standard InChI is InChI=1S/C24H29N3O4/c1-25-11-12-26(21(16-25)17-7-5-4-6-8-17)24(29)18-13-23(28)27(15-18)20-10-9-19(30-2)14-22(20)31-3/h4-10,14,18,21H,11-13,15-16H2,1-3H3/t18-,21-/m0/s1. The Morgan fingerprint density at radius 3 is 2.48 bits per heavy atom. The Morgan fingerprint density at radius 1 is 1.00 bits per heavy atom. The molecule has 2 atom stereocenters. The van der Waals surface area contributed by atoms with Crippen LogP contribution >= 0.6 is 0 Å². The van der Waals surface area contributed by atoms with E-state index in [0.717, 1.165) is 18.7 Å². The lowest BCUT2D eigenvalue weighted by molar-refractivity contribution is -0.140. The smallest absolute Gasteiger partial charge is 0.228 e. The molecule has 2 fully saturated rings. The van der Waals surface area contributed by atoms with E-state index >= 15 is 0 Å². The van der Waals surface area contributed by atoms with Crippen LogP contribution in [0, 0.1) is 5.92 Å². The first-order valence-electron chi connectivity index (χ1n) is 10.6. The summed E-state index contributed by atoms with van der Waals surface area (Å²) in [5.74, 6) is 0.831. The summed E-state index contributed by atoms with van der Waals surface area (Å²) >= 11 is 0. The maximum absolute atomic E-state index is 13.5. The number of carbonyl (C=O) groups excluding carboxylic acids is 2. The van der Waals surface area contributed by atoms with Crippen LogP contribution < -0.4 is 14.4 Å². The Hall–Kier alpha value is -3.06. The molecular weight excluding hydrogens is 394 g/mol. The van der Waals surface area contributed by atoms with Crippen LogP contribution in [0.2, 0.25) is 0 Å². The first-order valence-corrected chi connectivity index (χ1v) is 10.6. The van der Waals surface area contributed by atoms with Gasteiger partial charge in [0, 0.05) is 38.7 Å². The maximum atomic E-state index is 13.5. The van der Waals surface area contributed by atoms with Crippen LogP contribution in [0.1, 0.15) is 18.0 Å². The average molecular weight is 424 g/mol. The van der Waals surface area contributed by atoms with Crippen molar-refractivity contribution in [2.24, 2.45) is 5.92 Å². The fourth-order valence-corrected chi connectivity index (χ4v) is 4.49. The van der Waals surface area contributed by atoms with Crippen molar-refractivity contribution in [3.8, 4) is 11.5 Å². The van der Waals surface area contributed by atoms with E-state index in [2.05, 4.69) is 24.1 Å². The number of nitrogens with zero attached hydrogens (tertiary/aromatic N) is 3. The van der Waals surface area contributed by atoms with Crippen molar-refractivity contribution in [2.45, 2.75) is 12.5 Å². The number of benzene rings is 2. The molecule has 2 aromatic carbocycles. The van der Waals surface area contributed by atoms with E-state index in [4.69, 9.17) is 9.47 Å². The summed E-state index contributed by atoms with van der Waals surface area (Å²) in [6.07, 6.45) is 0.210. The maximum Gasteiger partial charge on any atom is 0.228 e. The summed E-state index contributed by atoms with van der Waals surface area (Å²) in [4.78, 5) is 32.3. The van der Waals surface area contributed by atoms with Crippen molar-refractivity contribution in [2.75, 3.05) is 52.3 Å². The van der Waals surface area contributed by atoms with E-state index in [1.54, 1.807) is 31.3 Å². The van der Waals surface area contributed by atoms with Gasteiger partial charge in [-0.1, -0.05) is 30.3 Å². The van der Waals surface area contributed by atoms with Gasteiger partial charge in [-0.3, -0.25) is 9.59 Å². The number of likely N-dealkylation sites (N-methyl/N-ethyl adjacent to an activating group) is 1. The molecule has 0 unspecified atom stereocenters. The molecule has 0 spiro atoms. The number of piperazine rings is 1. The average Bonchev–Trinajstić information content (AvgIpc) is 3.20. The second kappa shape index (κ2) is 8.98. The third-order valence-electron chi connectivity index (χ3n) is 6.20. The van der Waals surface area contributed by atoms with Crippen molar-refractivity contribution < 1.29 is 19.1 Å². The monoisotopic (exact) mass is 423 g/mol. The fourth-order valence-electron chi connectivity index (χ4n) is 4.49. The van der Waals surface area contributed by atoms with Gasteiger partial charge in [0.1, 0.15) is 11.5 Å². The summed E-state index contributed by atoms with van der Waals surface area (Å²) in [5.41, 5.74) is 1.79. The quantitative estimate of drug-likeness (QED) is 0.740. The SMILES string of the molecule is COc1ccc(N2C[C@@H](C(=O)N3CCN(C)C[C@H]3c3ccccc3)CC2=O)c(OC)c1. The fraction of sp³-hybridized carbons (Fsp3) is 0.417. The highest BCUT2D eigenvalue weighted by Gasteiger charge is 2.41. The normalized spacial score (nSPS) is 22.0. The van der Waals surface area contributed by atoms with Gasteiger partial charge in [0.2, 0.25) is 11.8 Å². The number of ether oxygens (including phenoxy) is 2. The van der Waals surface area contributed by atoms with Gasteiger partial charge >= 0.3 is 0 Å². The van der Waals surface area contributed by atoms with Crippen LogP contribution in [-0.4, -0.2) is 69.1 Å². The largest absolute Gasteiger partial charge is 0.497 e. The van der Waals surface area contributed by atoms with E-state index < -0.39 is 0 Å². The van der Waals surface area contributed by atoms with E-state index in [-0.39, 0.29) is 30.2 Å². The molecule has 2 heterocycles. The van der Waals surface area contributed by atoms with Gasteiger partial charge in [-0.2, -0.15) is 0 Å². The molecule has 0 N–H and O–H groups in total. The number of anilines is 1. The Labute approximate surface area is 183 Å². The number of carbonyl (C=O) groups is 2. The number of hydrogen-bond donors (Lipinski definition) is 0. The van der Waals surface area contributed by atoms with Crippen molar-refractivity contribution in [1.29, 1.82) is 0 Å². The minimum absolute atomic E-state index is 0.00729. The molecule has 0 aliphatic carbocycles. The molecular formula is C24H29N3O4. The number of rotatable bonds is 5. The highest BCUT2D eigenvalue weighted by atomic mass is 16.5. The van der Waals surface area contributed by atoms with E-state index in [0.29, 0.717) is 30.3 Å². The van der Waals surface area contributed by atoms with Crippen molar-refractivity contribution in [3.05, 3.63) is 54.1 Å². The Morgan fingerprint density at radius 2 is 1.77 bits per heavy atom. The second-order valence-corrected chi connectivity index (χ2v) is 8.16. The van der Waals surface area contributed by atoms with Crippen LogP contribution in [0.4, 0.5) is 5.69 Å². The zero-order chi connectivity index (χ0) is 22.0. The van der Waals surface area contributed by atoms with Crippen LogP contribution in [0.25, 0.3) is 0 Å². The first kappa shape index (κ1) is 21.2. The third kappa shape index (κ3) is 4.23. The lowest BCUT2D eigenvalue weighted by atomic mass is 9.99. The molecule has 7 heteroatoms. The molecule has 31 heavy (non-hydrogen) atoms. The van der Waals surface area contributed by atoms with E-state index in [1.165, 1.54) is 0 Å². The number of hydrogen-bond acceptors (Lipinski definition) is 5. The van der Waals surface area contributed by atoms with Gasteiger partial charge < -0.3 is 24.2 Å². The lowest BCUT2D eigenvalue weighted by Crippen LogP contribution is -2.51. The van der Waals surface area contributed by atoms with Crippen LogP contribution in [0.15, 0.2) is 48.5 Å². The third-order valence-corrected chi connectivity index (χ3v) is 6.20. The number of methoxy groups -OCH3 is 2. The van der Waals surface area contributed by atoms with Gasteiger partial charge in [-0.05, 0) is 24.7 Å². The van der Waals surface area contributed by atoms with Crippen molar-refractivity contribution >= 4 is 17.5 Å². The highest BCUT2D eigenvalue weighted by Crippen LogP contribution is 2.37. The molecule has 2 saturated heterocycles. The molecule has 164 valence electrons. The summed E-state index contributed by atoms with van der Waals surface area (Å²) < 4.78 is 10.7. The van der Waals surface area contributed by atoms with E-state index in [1.807, 2.05) is 29.2 Å². The molecule has 2 aromatic rings. The van der Waals surface area contributed by atoms with Crippen LogP contribution in [-0.2, 0) is 9.59 Å². The Kier molecular flexibility index (Phi) is 6.13. The van der Waals surface area contributed by atoms with Crippen molar-refractivity contribution in [1.82, 2.24) is 9.80 Å². The Bertz CT molecular complexity index is 949. The summed E-state index contributed by atoms with van der Waals surface area (Å²) in [6, 6.07) is 15.5. The second-order valence-electron chi connectivity index (χ2n) is 8.16. The zero-order valence-corrected chi connectivity index (χ0v) is 18.3. The van der Waals surface area contributed by atoms with Crippen molar-refractivity contribution in [3.63, 3.8) is 0 Å². The molecule has 0 saturated carbocycles. The molecule has 2 amide bonds. The highest BCUT2D eigenvalue weighted by molar-refractivity contribution is 6.01. The van der Waals surface area contributed by atoms with Gasteiger partial charge in [0.05, 0.1) is 31.9 Å². The summed E-state index contributed by atoms with van der Waals surface area (Å²) in [7, 11) is 5.23. The molecule has 7 nitrogen and oxygen atoms in total.